The van der Waals surface area contributed by atoms with Gasteiger partial charge < -0.3 is 11.1 Å². The van der Waals surface area contributed by atoms with E-state index in [2.05, 4.69) is 10.0 Å². The Labute approximate surface area is 122 Å². The highest BCUT2D eigenvalue weighted by Gasteiger charge is 2.01. The first kappa shape index (κ1) is 20.9. The Morgan fingerprint density at radius 2 is 1.68 bits per heavy atom. The van der Waals surface area contributed by atoms with Crippen LogP contribution in [-0.2, 0) is 14.8 Å². The summed E-state index contributed by atoms with van der Waals surface area (Å²) in [7, 11) is -3.12. The molecule has 0 aromatic heterocycles. The van der Waals surface area contributed by atoms with Crippen LogP contribution in [0.3, 0.4) is 0 Å². The molecule has 0 atom stereocenters. The fourth-order valence-corrected chi connectivity index (χ4v) is 1.96. The van der Waals surface area contributed by atoms with Gasteiger partial charge in [0.2, 0.25) is 15.9 Å². The Morgan fingerprint density at radius 3 is 2.26 bits per heavy atom. The first-order valence-corrected chi connectivity index (χ1v) is 8.26. The minimum absolute atomic E-state index is 0. The summed E-state index contributed by atoms with van der Waals surface area (Å²) in [5, 5.41) is 2.76. The Kier molecular flexibility index (Phi) is 13.9. The number of carbonyl (C=O) groups excluding carboxylic acids is 1. The molecule has 0 rings (SSSR count). The molecule has 0 bridgehead atoms. The van der Waals surface area contributed by atoms with Crippen LogP contribution in [0.15, 0.2) is 0 Å². The number of rotatable bonds is 11. The lowest BCUT2D eigenvalue weighted by molar-refractivity contribution is -0.121. The van der Waals surface area contributed by atoms with Gasteiger partial charge in [-0.25, -0.2) is 13.1 Å². The van der Waals surface area contributed by atoms with Gasteiger partial charge in [-0.05, 0) is 25.8 Å². The zero-order valence-electron chi connectivity index (χ0n) is 11.5. The van der Waals surface area contributed by atoms with Crippen molar-refractivity contribution >= 4 is 28.3 Å². The third kappa shape index (κ3) is 17.6. The summed E-state index contributed by atoms with van der Waals surface area (Å²) in [6.07, 6.45) is 6.25. The molecular formula is C11H26ClN3O3S. The third-order valence-corrected chi connectivity index (χ3v) is 3.13. The summed E-state index contributed by atoms with van der Waals surface area (Å²) in [4.78, 5) is 11.4. The normalized spacial score (nSPS) is 10.8. The SMILES string of the molecule is CS(=O)(=O)NCCCNC(=O)CCCCCCN.Cl. The molecular weight excluding hydrogens is 290 g/mol. The van der Waals surface area contributed by atoms with Crippen LogP contribution < -0.4 is 15.8 Å². The fourth-order valence-electron chi connectivity index (χ4n) is 1.45. The molecule has 0 aliphatic heterocycles. The Bertz CT molecular complexity index is 323. The molecule has 0 saturated heterocycles. The number of halogens is 1. The molecule has 8 heteroatoms. The number of hydrogen-bond donors (Lipinski definition) is 3. The van der Waals surface area contributed by atoms with E-state index in [0.717, 1.165) is 31.9 Å². The number of sulfonamides is 1. The second kappa shape index (κ2) is 12.7. The van der Waals surface area contributed by atoms with E-state index in [4.69, 9.17) is 5.73 Å². The molecule has 116 valence electrons. The quantitative estimate of drug-likeness (QED) is 0.479. The molecule has 0 unspecified atom stereocenters. The van der Waals surface area contributed by atoms with Crippen LogP contribution in [-0.4, -0.2) is 40.2 Å². The molecule has 1 amide bonds. The average Bonchev–Trinajstić information content (AvgIpc) is 2.27. The fraction of sp³-hybridized carbons (Fsp3) is 0.909. The molecule has 4 N–H and O–H groups in total. The number of nitrogens with one attached hydrogen (secondary N) is 2. The van der Waals surface area contributed by atoms with Crippen molar-refractivity contribution in [2.45, 2.75) is 38.5 Å². The van der Waals surface area contributed by atoms with Crippen molar-refractivity contribution < 1.29 is 13.2 Å². The lowest BCUT2D eigenvalue weighted by atomic mass is 10.1. The zero-order chi connectivity index (χ0) is 13.9. The number of unbranched alkanes of at least 4 members (excludes halogenated alkanes) is 3. The van der Waals surface area contributed by atoms with Gasteiger partial charge in [-0.1, -0.05) is 12.8 Å². The molecule has 0 aliphatic rings. The second-order valence-corrected chi connectivity index (χ2v) is 6.16. The van der Waals surface area contributed by atoms with Crippen LogP contribution in [0.25, 0.3) is 0 Å². The number of amides is 1. The highest BCUT2D eigenvalue weighted by Crippen LogP contribution is 2.01. The lowest BCUT2D eigenvalue weighted by Crippen LogP contribution is -2.29. The number of hydrogen-bond acceptors (Lipinski definition) is 4. The molecule has 0 fully saturated rings. The summed E-state index contributed by atoms with van der Waals surface area (Å²) in [6, 6.07) is 0. The van der Waals surface area contributed by atoms with Crippen LogP contribution in [0.4, 0.5) is 0 Å². The van der Waals surface area contributed by atoms with Crippen LogP contribution >= 0.6 is 12.4 Å². The van der Waals surface area contributed by atoms with E-state index >= 15 is 0 Å². The third-order valence-electron chi connectivity index (χ3n) is 2.40. The second-order valence-electron chi connectivity index (χ2n) is 4.32. The van der Waals surface area contributed by atoms with E-state index in [9.17, 15) is 13.2 Å². The zero-order valence-corrected chi connectivity index (χ0v) is 13.1. The molecule has 0 radical (unpaired) electrons. The summed E-state index contributed by atoms with van der Waals surface area (Å²) in [5.74, 6) is 0.0297. The Hall–Kier alpha value is -0.370. The van der Waals surface area contributed by atoms with Crippen molar-refractivity contribution in [1.29, 1.82) is 0 Å². The highest BCUT2D eigenvalue weighted by molar-refractivity contribution is 7.88. The van der Waals surface area contributed by atoms with Crippen molar-refractivity contribution in [2.24, 2.45) is 5.73 Å². The van der Waals surface area contributed by atoms with E-state index in [-0.39, 0.29) is 18.3 Å². The van der Waals surface area contributed by atoms with Crippen molar-refractivity contribution in [3.63, 3.8) is 0 Å². The first-order valence-electron chi connectivity index (χ1n) is 6.37. The van der Waals surface area contributed by atoms with Crippen molar-refractivity contribution in [3.05, 3.63) is 0 Å². The summed E-state index contributed by atoms with van der Waals surface area (Å²) in [6.45, 7) is 1.57. The summed E-state index contributed by atoms with van der Waals surface area (Å²) in [5.41, 5.74) is 5.37. The molecule has 19 heavy (non-hydrogen) atoms. The predicted octanol–water partition coefficient (Wildman–Crippen LogP) is 0.373. The van der Waals surface area contributed by atoms with E-state index in [0.29, 0.717) is 32.5 Å². The maximum absolute atomic E-state index is 11.4. The van der Waals surface area contributed by atoms with Gasteiger partial charge in [0, 0.05) is 19.5 Å². The van der Waals surface area contributed by atoms with E-state index in [1.807, 2.05) is 0 Å². The van der Waals surface area contributed by atoms with E-state index in [1.54, 1.807) is 0 Å². The van der Waals surface area contributed by atoms with Crippen LogP contribution in [0.5, 0.6) is 0 Å². The van der Waals surface area contributed by atoms with Gasteiger partial charge in [-0.2, -0.15) is 0 Å². The maximum Gasteiger partial charge on any atom is 0.219 e. The summed E-state index contributed by atoms with van der Waals surface area (Å²) < 4.78 is 23.9. The predicted molar refractivity (Wildman–Crippen MR) is 79.9 cm³/mol. The van der Waals surface area contributed by atoms with Crippen LogP contribution in [0, 0.1) is 0 Å². The molecule has 0 spiro atoms. The topological polar surface area (TPSA) is 101 Å². The Balaban J connectivity index is 0. The molecule has 0 saturated carbocycles. The number of nitrogens with two attached hydrogens (primary N) is 1. The monoisotopic (exact) mass is 315 g/mol. The smallest absolute Gasteiger partial charge is 0.219 e. The minimum atomic E-state index is -3.12. The van der Waals surface area contributed by atoms with E-state index in [1.165, 1.54) is 0 Å². The Morgan fingerprint density at radius 1 is 1.05 bits per heavy atom. The molecule has 0 aromatic carbocycles. The van der Waals surface area contributed by atoms with Crippen LogP contribution in [0.1, 0.15) is 38.5 Å². The largest absolute Gasteiger partial charge is 0.356 e. The van der Waals surface area contributed by atoms with Crippen molar-refractivity contribution in [2.75, 3.05) is 25.9 Å². The van der Waals surface area contributed by atoms with Crippen LogP contribution in [0.2, 0.25) is 0 Å². The molecule has 0 aliphatic carbocycles. The maximum atomic E-state index is 11.4. The van der Waals surface area contributed by atoms with Crippen molar-refractivity contribution in [1.82, 2.24) is 10.0 Å². The molecule has 0 heterocycles. The van der Waals surface area contributed by atoms with Gasteiger partial charge in [0.25, 0.3) is 0 Å². The van der Waals surface area contributed by atoms with Gasteiger partial charge in [0.15, 0.2) is 0 Å². The van der Waals surface area contributed by atoms with Gasteiger partial charge in [0.1, 0.15) is 0 Å². The molecule has 6 nitrogen and oxygen atoms in total. The standard InChI is InChI=1S/C11H25N3O3S.ClH/c1-18(16,17)14-10-6-9-13-11(15)7-4-2-3-5-8-12;/h14H,2-10,12H2,1H3,(H,13,15);1H. The van der Waals surface area contributed by atoms with Gasteiger partial charge in [-0.3, -0.25) is 4.79 Å². The van der Waals surface area contributed by atoms with Gasteiger partial charge in [0.05, 0.1) is 6.26 Å². The molecule has 0 aromatic rings. The highest BCUT2D eigenvalue weighted by atomic mass is 35.5. The first-order chi connectivity index (χ1) is 8.45. The average molecular weight is 316 g/mol. The minimum Gasteiger partial charge on any atom is -0.356 e. The van der Waals surface area contributed by atoms with Gasteiger partial charge in [-0.15, -0.1) is 12.4 Å². The number of carbonyl (C=O) groups is 1. The summed E-state index contributed by atoms with van der Waals surface area (Å²) >= 11 is 0. The van der Waals surface area contributed by atoms with Crippen molar-refractivity contribution in [3.8, 4) is 0 Å². The van der Waals surface area contributed by atoms with E-state index < -0.39 is 10.0 Å². The lowest BCUT2D eigenvalue weighted by Gasteiger charge is -2.05. The van der Waals surface area contributed by atoms with Gasteiger partial charge >= 0.3 is 0 Å².